The van der Waals surface area contributed by atoms with E-state index in [4.69, 9.17) is 21.1 Å². The molecule has 1 aromatic heterocycles. The Morgan fingerprint density at radius 2 is 1.79 bits per heavy atom. The van der Waals surface area contributed by atoms with Crippen LogP contribution in [0.5, 0.6) is 5.75 Å². The minimum absolute atomic E-state index is 0.108. The zero-order valence-corrected chi connectivity index (χ0v) is 19.8. The fourth-order valence-corrected chi connectivity index (χ4v) is 4.10. The molecule has 0 unspecified atom stereocenters. The van der Waals surface area contributed by atoms with E-state index in [1.807, 2.05) is 6.92 Å². The number of carbonyl (C=O) groups is 2. The highest BCUT2D eigenvalue weighted by molar-refractivity contribution is 6.35. The molecule has 1 fully saturated rings. The molecule has 0 N–H and O–H groups in total. The Morgan fingerprint density at radius 3 is 2.50 bits per heavy atom. The van der Waals surface area contributed by atoms with Crippen LogP contribution >= 0.6 is 11.6 Å². The highest BCUT2D eigenvalue weighted by Crippen LogP contribution is 2.31. The monoisotopic (exact) mass is 485 g/mol. The number of pyridine rings is 1. The molecule has 2 amide bonds. The number of nitrogens with zero attached hydrogens (tertiary/aromatic N) is 3. The van der Waals surface area contributed by atoms with Crippen LogP contribution in [-0.4, -0.2) is 66.7 Å². The number of rotatable bonds is 5. The van der Waals surface area contributed by atoms with Gasteiger partial charge in [-0.25, -0.2) is 14.2 Å². The molecule has 0 spiro atoms. The van der Waals surface area contributed by atoms with Crippen molar-refractivity contribution in [3.8, 4) is 17.0 Å². The lowest BCUT2D eigenvalue weighted by atomic mass is 10.1. The van der Waals surface area contributed by atoms with Crippen molar-refractivity contribution in [2.24, 2.45) is 0 Å². The quantitative estimate of drug-likeness (QED) is 0.508. The Balaban J connectivity index is 1.55. The van der Waals surface area contributed by atoms with Crippen molar-refractivity contribution in [2.45, 2.75) is 13.3 Å². The summed E-state index contributed by atoms with van der Waals surface area (Å²) in [5, 5.41) is 1.18. The Morgan fingerprint density at radius 1 is 1.06 bits per heavy atom. The number of amides is 2. The van der Waals surface area contributed by atoms with Gasteiger partial charge in [-0.3, -0.25) is 4.79 Å². The fourth-order valence-electron chi connectivity index (χ4n) is 3.84. The number of methoxy groups -OCH3 is 1. The first-order valence-electron chi connectivity index (χ1n) is 11.1. The van der Waals surface area contributed by atoms with E-state index in [2.05, 4.69) is 4.98 Å². The molecule has 0 atom stereocenters. The van der Waals surface area contributed by atoms with Gasteiger partial charge >= 0.3 is 6.09 Å². The van der Waals surface area contributed by atoms with Crippen molar-refractivity contribution >= 4 is 34.5 Å². The second kappa shape index (κ2) is 10.3. The predicted molar refractivity (Wildman–Crippen MR) is 128 cm³/mol. The maximum absolute atomic E-state index is 13.8. The van der Waals surface area contributed by atoms with Crippen LogP contribution in [-0.2, 0) is 4.74 Å². The van der Waals surface area contributed by atoms with Crippen LogP contribution in [0.2, 0.25) is 5.02 Å². The fraction of sp³-hybridized carbons (Fsp3) is 0.320. The van der Waals surface area contributed by atoms with Crippen LogP contribution in [0.15, 0.2) is 42.5 Å². The third-order valence-electron chi connectivity index (χ3n) is 5.71. The molecule has 0 radical (unpaired) electrons. The van der Waals surface area contributed by atoms with E-state index in [0.717, 1.165) is 6.42 Å². The summed E-state index contributed by atoms with van der Waals surface area (Å²) in [6.07, 6.45) is 0.420. The molecule has 3 aromatic rings. The van der Waals surface area contributed by atoms with Crippen LogP contribution < -0.4 is 4.74 Å². The summed E-state index contributed by atoms with van der Waals surface area (Å²) >= 11 is 6.49. The van der Waals surface area contributed by atoms with Crippen molar-refractivity contribution in [3.05, 3.63) is 58.9 Å². The lowest BCUT2D eigenvalue weighted by Gasteiger charge is -2.34. The maximum Gasteiger partial charge on any atom is 0.409 e. The largest absolute Gasteiger partial charge is 0.494 e. The molecule has 9 heteroatoms. The molecule has 2 heterocycles. The van der Waals surface area contributed by atoms with E-state index in [9.17, 15) is 14.0 Å². The van der Waals surface area contributed by atoms with Gasteiger partial charge in [0.25, 0.3) is 5.91 Å². The number of ether oxygens (including phenoxy) is 2. The standard InChI is InChI=1S/C25H25ClFN3O4/c1-3-12-34-25(32)30-10-8-29(9-11-30)24(31)17-4-6-18-19(26)15-21(28-22(18)13-17)16-5-7-20(27)23(14-16)33-2/h4-7,13-15H,3,8-12H2,1-2H3. The molecule has 1 saturated heterocycles. The number of piperazine rings is 1. The first-order valence-corrected chi connectivity index (χ1v) is 11.4. The smallest absolute Gasteiger partial charge is 0.409 e. The zero-order valence-electron chi connectivity index (χ0n) is 19.0. The minimum atomic E-state index is -0.468. The molecular weight excluding hydrogens is 461 g/mol. The number of carbonyl (C=O) groups excluding carboxylic acids is 2. The molecule has 0 bridgehead atoms. The van der Waals surface area contributed by atoms with E-state index in [-0.39, 0.29) is 17.7 Å². The number of aromatic nitrogens is 1. The van der Waals surface area contributed by atoms with Gasteiger partial charge in [0.05, 0.1) is 29.9 Å². The average Bonchev–Trinajstić information content (AvgIpc) is 2.86. The van der Waals surface area contributed by atoms with Gasteiger partial charge in [-0.1, -0.05) is 24.6 Å². The summed E-state index contributed by atoms with van der Waals surface area (Å²) in [5.74, 6) is -0.503. The molecule has 34 heavy (non-hydrogen) atoms. The number of hydrogen-bond acceptors (Lipinski definition) is 5. The van der Waals surface area contributed by atoms with Gasteiger partial charge in [-0.05, 0) is 42.8 Å². The van der Waals surface area contributed by atoms with Gasteiger partial charge in [0.2, 0.25) is 0 Å². The number of benzene rings is 2. The Labute approximate surface area is 202 Å². The highest BCUT2D eigenvalue weighted by Gasteiger charge is 2.26. The topological polar surface area (TPSA) is 72.0 Å². The van der Waals surface area contributed by atoms with E-state index in [1.54, 1.807) is 46.2 Å². The first kappa shape index (κ1) is 23.8. The van der Waals surface area contributed by atoms with Crippen molar-refractivity contribution in [1.82, 2.24) is 14.8 Å². The summed E-state index contributed by atoms with van der Waals surface area (Å²) in [6, 6.07) is 11.4. The van der Waals surface area contributed by atoms with Gasteiger partial charge < -0.3 is 19.3 Å². The summed E-state index contributed by atoms with van der Waals surface area (Å²) in [5.41, 5.74) is 2.22. The van der Waals surface area contributed by atoms with E-state index >= 15 is 0 Å². The van der Waals surface area contributed by atoms with Crippen molar-refractivity contribution in [3.63, 3.8) is 0 Å². The predicted octanol–water partition coefficient (Wildman–Crippen LogP) is 5.01. The Hall–Kier alpha value is -3.39. The molecule has 7 nitrogen and oxygen atoms in total. The molecule has 2 aromatic carbocycles. The molecule has 4 rings (SSSR count). The summed E-state index contributed by atoms with van der Waals surface area (Å²) < 4.78 is 24.1. The average molecular weight is 486 g/mol. The number of fused-ring (bicyclic) bond motifs is 1. The maximum atomic E-state index is 13.8. The van der Waals surface area contributed by atoms with E-state index in [0.29, 0.717) is 65.5 Å². The first-order chi connectivity index (χ1) is 16.4. The summed E-state index contributed by atoms with van der Waals surface area (Å²) in [6.45, 7) is 4.00. The van der Waals surface area contributed by atoms with Crippen LogP contribution in [0, 0.1) is 5.82 Å². The lowest BCUT2D eigenvalue weighted by Crippen LogP contribution is -2.50. The summed E-state index contributed by atoms with van der Waals surface area (Å²) in [4.78, 5) is 33.2. The van der Waals surface area contributed by atoms with Gasteiger partial charge in [-0.2, -0.15) is 0 Å². The normalized spacial score (nSPS) is 13.8. The van der Waals surface area contributed by atoms with Crippen molar-refractivity contribution < 1.29 is 23.5 Å². The van der Waals surface area contributed by atoms with Crippen LogP contribution in [0.25, 0.3) is 22.2 Å². The molecule has 0 saturated carbocycles. The van der Waals surface area contributed by atoms with Crippen LogP contribution in [0.1, 0.15) is 23.7 Å². The second-order valence-electron chi connectivity index (χ2n) is 7.96. The van der Waals surface area contributed by atoms with Gasteiger partial charge in [-0.15, -0.1) is 0 Å². The van der Waals surface area contributed by atoms with Gasteiger partial charge in [0, 0.05) is 42.7 Å². The molecule has 1 aliphatic heterocycles. The van der Waals surface area contributed by atoms with Crippen LogP contribution in [0.4, 0.5) is 9.18 Å². The number of halogens is 2. The zero-order chi connectivity index (χ0) is 24.2. The SMILES string of the molecule is CCCOC(=O)N1CCN(C(=O)c2ccc3c(Cl)cc(-c4ccc(F)c(OC)c4)nc3c2)CC1. The molecule has 1 aliphatic rings. The van der Waals surface area contributed by atoms with Crippen molar-refractivity contribution in [2.75, 3.05) is 39.9 Å². The molecule has 0 aliphatic carbocycles. The number of hydrogen-bond donors (Lipinski definition) is 0. The highest BCUT2D eigenvalue weighted by atomic mass is 35.5. The third-order valence-corrected chi connectivity index (χ3v) is 6.02. The van der Waals surface area contributed by atoms with Gasteiger partial charge in [0.1, 0.15) is 0 Å². The van der Waals surface area contributed by atoms with Crippen LogP contribution in [0.3, 0.4) is 0 Å². The second-order valence-corrected chi connectivity index (χ2v) is 8.37. The van der Waals surface area contributed by atoms with Crippen molar-refractivity contribution in [1.29, 1.82) is 0 Å². The van der Waals surface area contributed by atoms with Gasteiger partial charge in [0.15, 0.2) is 11.6 Å². The minimum Gasteiger partial charge on any atom is -0.494 e. The lowest BCUT2D eigenvalue weighted by molar-refractivity contribution is 0.0560. The molecule has 178 valence electrons. The molecular formula is C25H25ClFN3O4. The summed E-state index contributed by atoms with van der Waals surface area (Å²) in [7, 11) is 1.40. The Bertz CT molecular complexity index is 1230. The van der Waals surface area contributed by atoms with E-state index in [1.165, 1.54) is 13.2 Å². The van der Waals surface area contributed by atoms with E-state index < -0.39 is 5.82 Å². The third kappa shape index (κ3) is 4.92. The Kier molecular flexibility index (Phi) is 7.17.